The van der Waals surface area contributed by atoms with Crippen LogP contribution in [0.15, 0.2) is 18.6 Å². The molecule has 0 unspecified atom stereocenters. The van der Waals surface area contributed by atoms with E-state index in [1.54, 1.807) is 12.3 Å². The molecule has 4 rings (SSSR count). The van der Waals surface area contributed by atoms with Crippen LogP contribution >= 0.6 is 0 Å². The summed E-state index contributed by atoms with van der Waals surface area (Å²) in [5.41, 5.74) is 0. The van der Waals surface area contributed by atoms with Crippen LogP contribution < -0.4 is 4.74 Å². The summed E-state index contributed by atoms with van der Waals surface area (Å²) in [5, 5.41) is 0. The fourth-order valence-electron chi connectivity index (χ4n) is 4.88. The molecule has 28 heavy (non-hydrogen) atoms. The van der Waals surface area contributed by atoms with Gasteiger partial charge in [-0.25, -0.2) is 14.8 Å². The van der Waals surface area contributed by atoms with Crippen LogP contribution in [0.1, 0.15) is 65.2 Å². The number of piperidine rings is 1. The van der Waals surface area contributed by atoms with Gasteiger partial charge < -0.3 is 19.1 Å². The molecule has 1 aromatic heterocycles. The zero-order valence-electron chi connectivity index (χ0n) is 16.8. The number of carbonyl (C=O) groups is 1. The van der Waals surface area contributed by atoms with Crippen LogP contribution in [0.4, 0.5) is 4.79 Å². The Balaban J connectivity index is 1.23. The lowest BCUT2D eigenvalue weighted by atomic mass is 9.93. The van der Waals surface area contributed by atoms with Gasteiger partial charge in [0, 0.05) is 24.3 Å². The molecular weight excluding hydrogens is 358 g/mol. The SMILES string of the molecule is CC(C)OC(=O)N1[C@H]2CC[C@H]1CC(OC1CCC(Oc3ccncn3)CC1)C2. The number of hydrogen-bond acceptors (Lipinski definition) is 6. The molecule has 1 amide bonds. The van der Waals surface area contributed by atoms with Crippen LogP contribution in [0.2, 0.25) is 0 Å². The van der Waals surface area contributed by atoms with Gasteiger partial charge in [-0.1, -0.05) is 0 Å². The van der Waals surface area contributed by atoms with Gasteiger partial charge in [-0.15, -0.1) is 0 Å². The Hall–Kier alpha value is -1.89. The lowest BCUT2D eigenvalue weighted by Crippen LogP contribution is -2.50. The zero-order valence-corrected chi connectivity index (χ0v) is 16.8. The van der Waals surface area contributed by atoms with Gasteiger partial charge in [-0.05, 0) is 65.2 Å². The van der Waals surface area contributed by atoms with Crippen molar-refractivity contribution in [3.05, 3.63) is 18.6 Å². The van der Waals surface area contributed by atoms with E-state index in [2.05, 4.69) is 9.97 Å². The minimum atomic E-state index is -0.150. The maximum atomic E-state index is 12.4. The third-order valence-electron chi connectivity index (χ3n) is 6.09. The summed E-state index contributed by atoms with van der Waals surface area (Å²) in [6, 6.07) is 2.34. The summed E-state index contributed by atoms with van der Waals surface area (Å²) in [6.45, 7) is 3.81. The molecule has 7 heteroatoms. The maximum Gasteiger partial charge on any atom is 0.410 e. The molecule has 2 atom stereocenters. The summed E-state index contributed by atoms with van der Waals surface area (Å²) in [4.78, 5) is 22.4. The van der Waals surface area contributed by atoms with Crippen LogP contribution in [0.3, 0.4) is 0 Å². The fourth-order valence-corrected chi connectivity index (χ4v) is 4.88. The van der Waals surface area contributed by atoms with Crippen molar-refractivity contribution in [3.63, 3.8) is 0 Å². The second-order valence-corrected chi connectivity index (χ2v) is 8.52. The van der Waals surface area contributed by atoms with Crippen LogP contribution in [0.25, 0.3) is 0 Å². The molecule has 3 aliphatic rings. The number of carbonyl (C=O) groups excluding carboxylic acids is 1. The molecule has 1 aliphatic carbocycles. The summed E-state index contributed by atoms with van der Waals surface area (Å²) < 4.78 is 17.8. The average molecular weight is 389 g/mol. The number of rotatable bonds is 5. The first-order chi connectivity index (χ1) is 13.6. The van der Waals surface area contributed by atoms with E-state index < -0.39 is 0 Å². The number of amides is 1. The van der Waals surface area contributed by atoms with E-state index in [4.69, 9.17) is 14.2 Å². The third kappa shape index (κ3) is 4.57. The Morgan fingerprint density at radius 3 is 2.32 bits per heavy atom. The third-order valence-corrected chi connectivity index (χ3v) is 6.09. The smallest absolute Gasteiger partial charge is 0.410 e. The maximum absolute atomic E-state index is 12.4. The summed E-state index contributed by atoms with van der Waals surface area (Å²) in [7, 11) is 0. The van der Waals surface area contributed by atoms with Gasteiger partial charge in [0.2, 0.25) is 5.88 Å². The molecule has 0 spiro atoms. The second-order valence-electron chi connectivity index (χ2n) is 8.52. The van der Waals surface area contributed by atoms with Gasteiger partial charge in [-0.2, -0.15) is 0 Å². The number of nitrogens with zero attached hydrogens (tertiary/aromatic N) is 3. The van der Waals surface area contributed by atoms with Crippen LogP contribution in [0.5, 0.6) is 5.88 Å². The van der Waals surface area contributed by atoms with E-state index in [1.165, 1.54) is 6.33 Å². The topological polar surface area (TPSA) is 73.8 Å². The monoisotopic (exact) mass is 389 g/mol. The van der Waals surface area contributed by atoms with Crippen LogP contribution in [0, 0.1) is 0 Å². The molecule has 0 N–H and O–H groups in total. The number of aromatic nitrogens is 2. The molecule has 2 bridgehead atoms. The zero-order chi connectivity index (χ0) is 19.5. The van der Waals surface area contributed by atoms with Crippen molar-refractivity contribution in [3.8, 4) is 5.88 Å². The minimum absolute atomic E-state index is 0.0689. The molecule has 154 valence electrons. The Bertz CT molecular complexity index is 634. The van der Waals surface area contributed by atoms with Crippen molar-refractivity contribution >= 4 is 6.09 Å². The van der Waals surface area contributed by atoms with Crippen LogP contribution in [-0.4, -0.2) is 57.5 Å². The predicted octanol–water partition coefficient (Wildman–Crippen LogP) is 3.72. The van der Waals surface area contributed by atoms with Gasteiger partial charge in [0.15, 0.2) is 0 Å². The highest BCUT2D eigenvalue weighted by Gasteiger charge is 2.45. The van der Waals surface area contributed by atoms with Gasteiger partial charge >= 0.3 is 6.09 Å². The van der Waals surface area contributed by atoms with Gasteiger partial charge in [0.25, 0.3) is 0 Å². The molecule has 1 aromatic rings. The number of ether oxygens (including phenoxy) is 3. The largest absolute Gasteiger partial charge is 0.474 e. The van der Waals surface area contributed by atoms with Crippen molar-refractivity contribution in [2.45, 2.75) is 102 Å². The highest BCUT2D eigenvalue weighted by atomic mass is 16.6. The predicted molar refractivity (Wildman–Crippen MR) is 103 cm³/mol. The van der Waals surface area contributed by atoms with Crippen LogP contribution in [-0.2, 0) is 9.47 Å². The molecule has 2 saturated heterocycles. The second kappa shape index (κ2) is 8.64. The van der Waals surface area contributed by atoms with Crippen molar-refractivity contribution < 1.29 is 19.0 Å². The minimum Gasteiger partial charge on any atom is -0.474 e. The van der Waals surface area contributed by atoms with Gasteiger partial charge in [0.05, 0.1) is 18.3 Å². The standard InChI is InChI=1S/C21H31N3O4/c1-14(2)26-21(25)24-15-3-4-16(24)12-19(11-15)27-17-5-7-18(8-6-17)28-20-9-10-22-13-23-20/h9-10,13-19H,3-8,11-12H2,1-2H3/t15-,16-,17?,18?/m0/s1. The van der Waals surface area contributed by atoms with E-state index in [-0.39, 0.29) is 36.5 Å². The van der Waals surface area contributed by atoms with E-state index in [9.17, 15) is 4.79 Å². The van der Waals surface area contributed by atoms with E-state index in [0.29, 0.717) is 12.0 Å². The molecule has 1 saturated carbocycles. The molecule has 7 nitrogen and oxygen atoms in total. The Kier molecular flexibility index (Phi) is 5.99. The molecule has 3 fully saturated rings. The van der Waals surface area contributed by atoms with Crippen molar-refractivity contribution in [2.75, 3.05) is 0 Å². The lowest BCUT2D eigenvalue weighted by Gasteiger charge is -2.40. The summed E-state index contributed by atoms with van der Waals surface area (Å²) >= 11 is 0. The molecule has 0 radical (unpaired) electrons. The summed E-state index contributed by atoms with van der Waals surface area (Å²) in [5.74, 6) is 0.650. The highest BCUT2D eigenvalue weighted by molar-refractivity contribution is 5.69. The molecule has 0 aromatic carbocycles. The van der Waals surface area contributed by atoms with Crippen molar-refractivity contribution in [2.24, 2.45) is 0 Å². The molecular formula is C21H31N3O4. The van der Waals surface area contributed by atoms with E-state index >= 15 is 0 Å². The van der Waals surface area contributed by atoms with E-state index in [1.807, 2.05) is 18.7 Å². The van der Waals surface area contributed by atoms with E-state index in [0.717, 1.165) is 51.4 Å². The Morgan fingerprint density at radius 1 is 1.04 bits per heavy atom. The first-order valence-electron chi connectivity index (χ1n) is 10.7. The Labute approximate surface area is 166 Å². The molecule has 3 heterocycles. The molecule has 2 aliphatic heterocycles. The highest BCUT2D eigenvalue weighted by Crippen LogP contribution is 2.39. The normalized spacial score (nSPS) is 32.4. The number of fused-ring (bicyclic) bond motifs is 2. The lowest BCUT2D eigenvalue weighted by molar-refractivity contribution is -0.0788. The van der Waals surface area contributed by atoms with Gasteiger partial charge in [0.1, 0.15) is 12.4 Å². The first kappa shape index (κ1) is 19.4. The first-order valence-corrected chi connectivity index (χ1v) is 10.7. The van der Waals surface area contributed by atoms with Crippen molar-refractivity contribution in [1.82, 2.24) is 14.9 Å². The fraction of sp³-hybridized carbons (Fsp3) is 0.762. The average Bonchev–Trinajstić information content (AvgIpc) is 2.95. The Morgan fingerprint density at radius 2 is 1.71 bits per heavy atom. The van der Waals surface area contributed by atoms with Gasteiger partial charge in [-0.3, -0.25) is 0 Å². The summed E-state index contributed by atoms with van der Waals surface area (Å²) in [6.07, 6.45) is 11.8. The number of hydrogen-bond donors (Lipinski definition) is 0. The van der Waals surface area contributed by atoms with Crippen molar-refractivity contribution in [1.29, 1.82) is 0 Å². The quantitative estimate of drug-likeness (QED) is 0.764.